The maximum atomic E-state index is 11.5. The molecule has 1 atom stereocenters. The van der Waals surface area contributed by atoms with Gasteiger partial charge in [-0.2, -0.15) is 0 Å². The minimum atomic E-state index is -0.495. The third-order valence-corrected chi connectivity index (χ3v) is 4.31. The monoisotopic (exact) mass is 371 g/mol. The SMILES string of the molecule is CC(N)C(=O)NCc1cccc(OCCN(C)C2CCOCC2)c1.Cl. The number of nitrogens with zero attached hydrogens (tertiary/aromatic N) is 1. The molecule has 0 aromatic heterocycles. The average molecular weight is 372 g/mol. The first kappa shape index (κ1) is 21.7. The van der Waals surface area contributed by atoms with Crippen molar-refractivity contribution < 1.29 is 14.3 Å². The van der Waals surface area contributed by atoms with Gasteiger partial charge in [-0.25, -0.2) is 0 Å². The molecule has 1 heterocycles. The second-order valence-corrected chi connectivity index (χ2v) is 6.33. The number of nitrogens with one attached hydrogen (secondary N) is 1. The van der Waals surface area contributed by atoms with Crippen molar-refractivity contribution in [3.05, 3.63) is 29.8 Å². The Morgan fingerprint density at radius 1 is 1.44 bits per heavy atom. The molecule has 0 saturated carbocycles. The lowest BCUT2D eigenvalue weighted by Gasteiger charge is -2.31. The molecule has 142 valence electrons. The van der Waals surface area contributed by atoms with Crippen molar-refractivity contribution in [1.82, 2.24) is 10.2 Å². The van der Waals surface area contributed by atoms with Crippen LogP contribution in [0.1, 0.15) is 25.3 Å². The van der Waals surface area contributed by atoms with Crippen molar-refractivity contribution in [2.45, 2.75) is 38.4 Å². The number of ether oxygens (including phenoxy) is 2. The molecule has 1 unspecified atom stereocenters. The van der Waals surface area contributed by atoms with Crippen LogP contribution >= 0.6 is 12.4 Å². The molecule has 0 radical (unpaired) electrons. The number of hydrogen-bond donors (Lipinski definition) is 2. The summed E-state index contributed by atoms with van der Waals surface area (Å²) in [5, 5.41) is 2.80. The summed E-state index contributed by atoms with van der Waals surface area (Å²) in [6.45, 7) is 5.36. The highest BCUT2D eigenvalue weighted by atomic mass is 35.5. The minimum absolute atomic E-state index is 0. The molecule has 6 nitrogen and oxygen atoms in total. The van der Waals surface area contributed by atoms with E-state index in [0.29, 0.717) is 19.2 Å². The Hall–Kier alpha value is -1.34. The number of carbonyl (C=O) groups is 1. The number of rotatable bonds is 8. The molecule has 0 spiro atoms. The van der Waals surface area contributed by atoms with Crippen molar-refractivity contribution >= 4 is 18.3 Å². The van der Waals surface area contributed by atoms with Crippen molar-refractivity contribution in [3.63, 3.8) is 0 Å². The quantitative estimate of drug-likeness (QED) is 0.725. The molecule has 2 rings (SSSR count). The summed E-state index contributed by atoms with van der Waals surface area (Å²) in [5.74, 6) is 0.669. The fourth-order valence-corrected chi connectivity index (χ4v) is 2.71. The largest absolute Gasteiger partial charge is 0.492 e. The molecule has 25 heavy (non-hydrogen) atoms. The number of amides is 1. The van der Waals surface area contributed by atoms with Gasteiger partial charge < -0.3 is 20.5 Å². The molecule has 1 aliphatic rings. The van der Waals surface area contributed by atoms with E-state index in [-0.39, 0.29) is 18.3 Å². The van der Waals surface area contributed by atoms with E-state index < -0.39 is 6.04 Å². The van der Waals surface area contributed by atoms with E-state index in [0.717, 1.165) is 43.9 Å². The smallest absolute Gasteiger partial charge is 0.236 e. The molecule has 0 bridgehead atoms. The van der Waals surface area contributed by atoms with Gasteiger partial charge in [0.25, 0.3) is 0 Å². The molecule has 1 saturated heterocycles. The highest BCUT2D eigenvalue weighted by Gasteiger charge is 2.17. The molecular weight excluding hydrogens is 342 g/mol. The van der Waals surface area contributed by atoms with Crippen molar-refractivity contribution in [1.29, 1.82) is 0 Å². The number of halogens is 1. The Labute approximate surface area is 156 Å². The summed E-state index contributed by atoms with van der Waals surface area (Å²) >= 11 is 0. The molecule has 1 aromatic rings. The van der Waals surface area contributed by atoms with Crippen LogP contribution in [0.2, 0.25) is 0 Å². The molecule has 1 amide bonds. The third kappa shape index (κ3) is 7.61. The first-order chi connectivity index (χ1) is 11.6. The third-order valence-electron chi connectivity index (χ3n) is 4.31. The van der Waals surface area contributed by atoms with Gasteiger partial charge >= 0.3 is 0 Å². The Morgan fingerprint density at radius 3 is 2.84 bits per heavy atom. The summed E-state index contributed by atoms with van der Waals surface area (Å²) in [4.78, 5) is 13.9. The maximum absolute atomic E-state index is 11.5. The minimum Gasteiger partial charge on any atom is -0.492 e. The predicted octanol–water partition coefficient (Wildman–Crippen LogP) is 1.56. The highest BCUT2D eigenvalue weighted by Crippen LogP contribution is 2.15. The lowest BCUT2D eigenvalue weighted by Crippen LogP contribution is -2.38. The Balaban J connectivity index is 0.00000312. The number of carbonyl (C=O) groups excluding carboxylic acids is 1. The van der Waals surface area contributed by atoms with Gasteiger partial charge in [0.15, 0.2) is 0 Å². The number of nitrogens with two attached hydrogens (primary N) is 1. The van der Waals surface area contributed by atoms with Crippen LogP contribution in [0, 0.1) is 0 Å². The van der Waals surface area contributed by atoms with Crippen molar-refractivity contribution in [3.8, 4) is 5.75 Å². The lowest BCUT2D eigenvalue weighted by atomic mass is 10.1. The summed E-state index contributed by atoms with van der Waals surface area (Å²) in [7, 11) is 2.14. The van der Waals surface area contributed by atoms with E-state index in [1.165, 1.54) is 0 Å². The standard InChI is InChI=1S/C18H29N3O3.ClH/c1-14(19)18(22)20-13-15-4-3-5-17(12-15)24-11-8-21(2)16-6-9-23-10-7-16;/h3-5,12,14,16H,6-11,13,19H2,1-2H3,(H,20,22);1H. The van der Waals surface area contributed by atoms with Crippen molar-refractivity contribution in [2.24, 2.45) is 5.73 Å². The van der Waals surface area contributed by atoms with Crippen molar-refractivity contribution in [2.75, 3.05) is 33.4 Å². The predicted molar refractivity (Wildman–Crippen MR) is 101 cm³/mol. The second-order valence-electron chi connectivity index (χ2n) is 6.33. The van der Waals surface area contributed by atoms with Crippen LogP contribution in [-0.2, 0) is 16.1 Å². The first-order valence-electron chi connectivity index (χ1n) is 8.59. The first-order valence-corrected chi connectivity index (χ1v) is 8.59. The van der Waals surface area contributed by atoms with Crippen LogP contribution in [0.15, 0.2) is 24.3 Å². The number of hydrogen-bond acceptors (Lipinski definition) is 5. The lowest BCUT2D eigenvalue weighted by molar-refractivity contribution is -0.122. The van der Waals surface area contributed by atoms with E-state index >= 15 is 0 Å². The van der Waals surface area contributed by atoms with E-state index in [1.807, 2.05) is 24.3 Å². The van der Waals surface area contributed by atoms with Crippen LogP contribution < -0.4 is 15.8 Å². The van der Waals surface area contributed by atoms with Gasteiger partial charge in [-0.15, -0.1) is 12.4 Å². The van der Waals surface area contributed by atoms with Gasteiger partial charge in [-0.3, -0.25) is 9.69 Å². The van der Waals surface area contributed by atoms with Gasteiger partial charge in [-0.05, 0) is 44.5 Å². The van der Waals surface area contributed by atoms with Gasteiger partial charge in [0.2, 0.25) is 5.91 Å². The number of benzene rings is 1. The molecule has 1 aliphatic heterocycles. The fraction of sp³-hybridized carbons (Fsp3) is 0.611. The molecular formula is C18H30ClN3O3. The Kier molecular flexibility index (Phi) is 9.82. The van der Waals surface area contributed by atoms with E-state index in [2.05, 4.69) is 17.3 Å². The summed E-state index contributed by atoms with van der Waals surface area (Å²) in [6, 6.07) is 7.88. The molecule has 1 aromatic carbocycles. The molecule has 7 heteroatoms. The molecule has 0 aliphatic carbocycles. The number of likely N-dealkylation sites (N-methyl/N-ethyl adjacent to an activating group) is 1. The zero-order valence-electron chi connectivity index (χ0n) is 15.1. The van der Waals surface area contributed by atoms with E-state index in [9.17, 15) is 4.79 Å². The zero-order chi connectivity index (χ0) is 17.4. The normalized spacial score (nSPS) is 16.2. The summed E-state index contributed by atoms with van der Waals surface area (Å²) in [5.41, 5.74) is 6.54. The summed E-state index contributed by atoms with van der Waals surface area (Å²) < 4.78 is 11.2. The van der Waals surface area contributed by atoms with Crippen LogP contribution in [0.4, 0.5) is 0 Å². The molecule has 3 N–H and O–H groups in total. The Morgan fingerprint density at radius 2 is 2.16 bits per heavy atom. The highest BCUT2D eigenvalue weighted by molar-refractivity contribution is 5.85. The van der Waals surface area contributed by atoms with E-state index in [1.54, 1.807) is 6.92 Å². The maximum Gasteiger partial charge on any atom is 0.236 e. The Bertz CT molecular complexity index is 522. The second kappa shape index (κ2) is 11.3. The summed E-state index contributed by atoms with van der Waals surface area (Å²) in [6.07, 6.45) is 2.18. The average Bonchev–Trinajstić information content (AvgIpc) is 2.60. The van der Waals surface area contributed by atoms with Gasteiger partial charge in [0.05, 0.1) is 6.04 Å². The van der Waals surface area contributed by atoms with Gasteiger partial charge in [0, 0.05) is 32.3 Å². The van der Waals surface area contributed by atoms with Crippen LogP contribution in [0.3, 0.4) is 0 Å². The zero-order valence-corrected chi connectivity index (χ0v) is 15.9. The van der Waals surface area contributed by atoms with Crippen LogP contribution in [-0.4, -0.2) is 56.3 Å². The van der Waals surface area contributed by atoms with Crippen LogP contribution in [0.5, 0.6) is 5.75 Å². The van der Waals surface area contributed by atoms with Gasteiger partial charge in [-0.1, -0.05) is 12.1 Å². The topological polar surface area (TPSA) is 76.8 Å². The van der Waals surface area contributed by atoms with Crippen LogP contribution in [0.25, 0.3) is 0 Å². The van der Waals surface area contributed by atoms with E-state index in [4.69, 9.17) is 15.2 Å². The van der Waals surface area contributed by atoms with Gasteiger partial charge in [0.1, 0.15) is 12.4 Å². The molecule has 1 fully saturated rings. The fourth-order valence-electron chi connectivity index (χ4n) is 2.71.